The lowest BCUT2D eigenvalue weighted by Gasteiger charge is -2.26. The number of benzene rings is 1. The van der Waals surface area contributed by atoms with Crippen LogP contribution in [0.4, 0.5) is 0 Å². The van der Waals surface area contributed by atoms with Gasteiger partial charge in [0.15, 0.2) is 5.76 Å². The maximum Gasteiger partial charge on any atom is 0.340 e. The normalized spacial score (nSPS) is 14.9. The van der Waals surface area contributed by atoms with Crippen LogP contribution in [-0.4, -0.2) is 44.9 Å². The zero-order chi connectivity index (χ0) is 23.0. The van der Waals surface area contributed by atoms with Crippen molar-refractivity contribution in [1.82, 2.24) is 9.62 Å². The summed E-state index contributed by atoms with van der Waals surface area (Å²) in [5.74, 6) is -0.739. The van der Waals surface area contributed by atoms with Crippen LogP contribution in [0.1, 0.15) is 51.6 Å². The summed E-state index contributed by atoms with van der Waals surface area (Å²) in [5.41, 5.74) is 1.32. The topological polar surface area (TPSA) is 106 Å². The Morgan fingerprint density at radius 1 is 1.31 bits per heavy atom. The van der Waals surface area contributed by atoms with E-state index in [2.05, 4.69) is 4.72 Å². The number of rotatable bonds is 6. The van der Waals surface area contributed by atoms with Crippen molar-refractivity contribution in [3.05, 3.63) is 52.1 Å². The summed E-state index contributed by atoms with van der Waals surface area (Å²) < 4.78 is 39.1. The van der Waals surface area contributed by atoms with E-state index >= 15 is 0 Å². The summed E-state index contributed by atoms with van der Waals surface area (Å²) in [6.45, 7) is 4.16. The monoisotopic (exact) mass is 476 g/mol. The van der Waals surface area contributed by atoms with E-state index in [4.69, 9.17) is 9.15 Å². The fraction of sp³-hybridized carbons (Fsp3) is 0.364. The molecule has 1 N–H and O–H groups in total. The van der Waals surface area contributed by atoms with Crippen LogP contribution in [0.25, 0.3) is 11.0 Å². The van der Waals surface area contributed by atoms with E-state index in [1.165, 1.54) is 7.11 Å². The number of carbonyl (C=O) groups excluding carboxylic acids is 2. The van der Waals surface area contributed by atoms with Gasteiger partial charge in [-0.1, -0.05) is 25.1 Å². The van der Waals surface area contributed by atoms with Gasteiger partial charge in [-0.15, -0.1) is 11.3 Å². The number of amides is 1. The fourth-order valence-corrected chi connectivity index (χ4v) is 6.94. The highest BCUT2D eigenvalue weighted by Crippen LogP contribution is 2.37. The Morgan fingerprint density at radius 3 is 2.75 bits per heavy atom. The van der Waals surface area contributed by atoms with Crippen LogP contribution in [-0.2, 0) is 27.7 Å². The van der Waals surface area contributed by atoms with E-state index in [-0.39, 0.29) is 34.0 Å². The third-order valence-electron chi connectivity index (χ3n) is 5.55. The highest BCUT2D eigenvalue weighted by molar-refractivity contribution is 7.91. The lowest BCUT2D eigenvalue weighted by molar-refractivity contribution is 0.0595. The molecule has 1 aliphatic heterocycles. The number of para-hydroxylation sites is 1. The first-order chi connectivity index (χ1) is 15.2. The Bertz CT molecular complexity index is 1260. The quantitative estimate of drug-likeness (QED) is 0.546. The minimum atomic E-state index is -3.91. The highest BCUT2D eigenvalue weighted by atomic mass is 32.2. The maximum absolute atomic E-state index is 13.1. The van der Waals surface area contributed by atoms with Crippen LogP contribution in [0.2, 0.25) is 0 Å². The second-order valence-corrected chi connectivity index (χ2v) is 10.7. The highest BCUT2D eigenvalue weighted by Gasteiger charge is 2.36. The predicted octanol–water partition coefficient (Wildman–Crippen LogP) is 3.56. The number of sulfonamides is 1. The van der Waals surface area contributed by atoms with Gasteiger partial charge in [0.05, 0.1) is 19.2 Å². The average Bonchev–Trinajstić information content (AvgIpc) is 3.39. The van der Waals surface area contributed by atoms with Crippen molar-refractivity contribution >= 4 is 44.2 Å². The third-order valence-corrected chi connectivity index (χ3v) is 8.87. The maximum atomic E-state index is 13.1. The lowest BCUT2D eigenvalue weighted by Crippen LogP contribution is -2.35. The van der Waals surface area contributed by atoms with Crippen molar-refractivity contribution in [3.63, 3.8) is 0 Å². The Labute approximate surface area is 190 Å². The van der Waals surface area contributed by atoms with Crippen molar-refractivity contribution in [2.75, 3.05) is 13.7 Å². The Kier molecular flexibility index (Phi) is 6.11. The second-order valence-electron chi connectivity index (χ2n) is 7.71. The van der Waals surface area contributed by atoms with Gasteiger partial charge in [0.2, 0.25) is 0 Å². The number of methoxy groups -OCH3 is 1. The van der Waals surface area contributed by atoms with Crippen molar-refractivity contribution in [3.8, 4) is 0 Å². The second kappa shape index (κ2) is 8.68. The first kappa shape index (κ1) is 22.5. The molecule has 0 unspecified atom stereocenters. The van der Waals surface area contributed by atoms with Crippen molar-refractivity contribution < 1.29 is 27.2 Å². The number of thiophene rings is 1. The molecule has 0 fully saturated rings. The van der Waals surface area contributed by atoms with Gasteiger partial charge in [-0.25, -0.2) is 17.9 Å². The molecule has 170 valence electrons. The van der Waals surface area contributed by atoms with Gasteiger partial charge in [-0.05, 0) is 37.5 Å². The van der Waals surface area contributed by atoms with Crippen molar-refractivity contribution in [2.24, 2.45) is 0 Å². The number of hydrogen-bond acceptors (Lipinski definition) is 7. The van der Waals surface area contributed by atoms with E-state index < -0.39 is 16.0 Å². The third kappa shape index (κ3) is 4.05. The van der Waals surface area contributed by atoms with Gasteiger partial charge >= 0.3 is 5.97 Å². The molecule has 1 aromatic carbocycles. The number of fused-ring (bicyclic) bond motifs is 2. The van der Waals surface area contributed by atoms with Crippen molar-refractivity contribution in [2.45, 2.75) is 43.5 Å². The number of nitrogens with one attached hydrogen (secondary N) is 1. The largest absolute Gasteiger partial charge is 0.465 e. The minimum absolute atomic E-state index is 0.0623. The molecule has 4 rings (SSSR count). The molecular weight excluding hydrogens is 452 g/mol. The van der Waals surface area contributed by atoms with Gasteiger partial charge in [0.1, 0.15) is 9.79 Å². The molecule has 0 saturated heterocycles. The molecule has 3 heterocycles. The van der Waals surface area contributed by atoms with E-state index in [9.17, 15) is 18.0 Å². The molecule has 0 saturated carbocycles. The van der Waals surface area contributed by atoms with E-state index in [1.807, 2.05) is 25.1 Å². The number of carbonyl (C=O) groups is 2. The molecule has 1 aliphatic rings. The summed E-state index contributed by atoms with van der Waals surface area (Å²) in [4.78, 5) is 27.8. The first-order valence-electron chi connectivity index (χ1n) is 10.3. The van der Waals surface area contributed by atoms with Gasteiger partial charge in [0.25, 0.3) is 15.9 Å². The van der Waals surface area contributed by atoms with Gasteiger partial charge in [-0.2, -0.15) is 0 Å². The first-order valence-corrected chi connectivity index (χ1v) is 12.6. The summed E-state index contributed by atoms with van der Waals surface area (Å²) >= 11 is 1.01. The molecule has 1 amide bonds. The van der Waals surface area contributed by atoms with E-state index in [0.29, 0.717) is 35.4 Å². The fourth-order valence-electron chi connectivity index (χ4n) is 3.69. The van der Waals surface area contributed by atoms with Crippen molar-refractivity contribution in [1.29, 1.82) is 0 Å². The number of furan rings is 1. The summed E-state index contributed by atoms with van der Waals surface area (Å²) in [6.07, 6.45) is 0.957. The molecule has 0 radical (unpaired) electrons. The molecule has 2 aromatic heterocycles. The molecule has 0 spiro atoms. The number of esters is 1. The SMILES string of the molecule is CC[C@@H](C)NS(=O)(=O)c1sc2c(c1C(=O)OC)CCN(C(=O)c1cc3ccccc3o1)C2. The van der Waals surface area contributed by atoms with Crippen LogP contribution in [0.15, 0.2) is 39.0 Å². The average molecular weight is 477 g/mol. The van der Waals surface area contributed by atoms with Gasteiger partial charge in [-0.3, -0.25) is 4.79 Å². The Balaban J connectivity index is 1.67. The van der Waals surface area contributed by atoms with Gasteiger partial charge in [0, 0.05) is 22.8 Å². The minimum Gasteiger partial charge on any atom is -0.465 e. The zero-order valence-corrected chi connectivity index (χ0v) is 19.6. The molecule has 0 bridgehead atoms. The van der Waals surface area contributed by atoms with Gasteiger partial charge < -0.3 is 14.1 Å². The molecular formula is C22H24N2O6S2. The smallest absolute Gasteiger partial charge is 0.340 e. The molecule has 0 aliphatic carbocycles. The standard InChI is InChI=1S/C22H24N2O6S2/c1-4-13(2)23-32(27,28)22-19(21(26)29-3)15-9-10-24(12-18(15)31-22)20(25)17-11-14-7-5-6-8-16(14)30-17/h5-8,11,13,23H,4,9-10,12H2,1-3H3/t13-/m1/s1. The molecule has 1 atom stereocenters. The summed E-state index contributed by atoms with van der Waals surface area (Å²) in [6, 6.07) is 8.79. The zero-order valence-electron chi connectivity index (χ0n) is 18.0. The Hall–Kier alpha value is -2.69. The van der Waals surface area contributed by atoms with Crippen LogP contribution in [0, 0.1) is 0 Å². The number of nitrogens with zero attached hydrogens (tertiary/aromatic N) is 1. The summed E-state index contributed by atoms with van der Waals surface area (Å²) in [5, 5.41) is 0.835. The number of ether oxygens (including phenoxy) is 1. The number of hydrogen-bond donors (Lipinski definition) is 1. The molecule has 3 aromatic rings. The Morgan fingerprint density at radius 2 is 2.06 bits per heavy atom. The van der Waals surface area contributed by atoms with Crippen LogP contribution >= 0.6 is 11.3 Å². The van der Waals surface area contributed by atoms with Crippen LogP contribution in [0.5, 0.6) is 0 Å². The molecule has 10 heteroatoms. The molecule has 32 heavy (non-hydrogen) atoms. The predicted molar refractivity (Wildman–Crippen MR) is 120 cm³/mol. The van der Waals surface area contributed by atoms with E-state index in [0.717, 1.165) is 16.7 Å². The van der Waals surface area contributed by atoms with E-state index in [1.54, 1.807) is 24.0 Å². The van der Waals surface area contributed by atoms with Crippen LogP contribution < -0.4 is 4.72 Å². The molecule has 8 nitrogen and oxygen atoms in total. The lowest BCUT2D eigenvalue weighted by atomic mass is 10.0. The van der Waals surface area contributed by atoms with Crippen LogP contribution in [0.3, 0.4) is 0 Å². The summed E-state index contributed by atoms with van der Waals surface area (Å²) in [7, 11) is -2.69.